The monoisotopic (exact) mass is 266 g/mol. The highest BCUT2D eigenvalue weighted by atomic mass is 16.3. The van der Waals surface area contributed by atoms with Crippen molar-refractivity contribution >= 4 is 11.6 Å². The van der Waals surface area contributed by atoms with Crippen molar-refractivity contribution in [2.24, 2.45) is 5.92 Å². The van der Waals surface area contributed by atoms with Crippen LogP contribution >= 0.6 is 0 Å². The Kier molecular flexibility index (Phi) is 5.54. The molecule has 1 rings (SSSR count). The maximum Gasteiger partial charge on any atom is 0.133 e. The fourth-order valence-electron chi connectivity index (χ4n) is 2.18. The topological polar surface area (TPSA) is 84.1 Å². The van der Waals surface area contributed by atoms with Crippen molar-refractivity contribution in [2.45, 2.75) is 52.6 Å². The lowest BCUT2D eigenvalue weighted by Crippen LogP contribution is -2.35. The molecule has 5 heteroatoms. The third-order valence-electron chi connectivity index (χ3n) is 2.76. The molecule has 5 nitrogen and oxygen atoms in total. The van der Waals surface area contributed by atoms with Crippen molar-refractivity contribution in [3.63, 3.8) is 0 Å². The van der Waals surface area contributed by atoms with Gasteiger partial charge in [-0.25, -0.2) is 9.97 Å². The molecular weight excluding hydrogens is 240 g/mol. The number of anilines is 2. The molecule has 1 aromatic heterocycles. The number of aliphatic hydroxyl groups is 1. The van der Waals surface area contributed by atoms with Crippen LogP contribution in [0.25, 0.3) is 0 Å². The quantitative estimate of drug-likeness (QED) is 0.704. The fraction of sp³-hybridized carbons (Fsp3) is 0.714. The van der Waals surface area contributed by atoms with Gasteiger partial charge in [0.1, 0.15) is 17.5 Å². The average molecular weight is 266 g/mol. The molecule has 1 heterocycles. The first-order valence-electron chi connectivity index (χ1n) is 6.92. The van der Waals surface area contributed by atoms with Crippen molar-refractivity contribution in [1.29, 1.82) is 0 Å². The van der Waals surface area contributed by atoms with Crippen LogP contribution in [0, 0.1) is 5.92 Å². The molecule has 0 fully saturated rings. The second-order valence-electron chi connectivity index (χ2n) is 5.79. The molecule has 0 aromatic carbocycles. The van der Waals surface area contributed by atoms with E-state index in [0.29, 0.717) is 24.1 Å². The van der Waals surface area contributed by atoms with Crippen molar-refractivity contribution in [2.75, 3.05) is 17.6 Å². The third-order valence-corrected chi connectivity index (χ3v) is 2.76. The van der Waals surface area contributed by atoms with Crippen LogP contribution in [-0.2, 0) is 6.42 Å². The second kappa shape index (κ2) is 6.70. The molecule has 1 aromatic rings. The van der Waals surface area contributed by atoms with E-state index in [1.54, 1.807) is 6.07 Å². The van der Waals surface area contributed by atoms with Gasteiger partial charge in [0, 0.05) is 19.0 Å². The largest absolute Gasteiger partial charge is 0.388 e. The molecule has 0 bridgehead atoms. The van der Waals surface area contributed by atoms with Crippen LogP contribution in [0.15, 0.2) is 6.07 Å². The van der Waals surface area contributed by atoms with Gasteiger partial charge >= 0.3 is 0 Å². The summed E-state index contributed by atoms with van der Waals surface area (Å²) >= 11 is 0. The van der Waals surface area contributed by atoms with Crippen molar-refractivity contribution in [3.8, 4) is 0 Å². The zero-order valence-electron chi connectivity index (χ0n) is 12.4. The Morgan fingerprint density at radius 1 is 1.42 bits per heavy atom. The molecule has 1 atom stereocenters. The molecule has 0 saturated carbocycles. The summed E-state index contributed by atoms with van der Waals surface area (Å²) in [6.45, 7) is 8.55. The van der Waals surface area contributed by atoms with Crippen LogP contribution in [0.1, 0.15) is 46.4 Å². The number of nitrogens with one attached hydrogen (secondary N) is 1. The summed E-state index contributed by atoms with van der Waals surface area (Å²) in [7, 11) is 0. The first-order valence-corrected chi connectivity index (χ1v) is 6.92. The highest BCUT2D eigenvalue weighted by Gasteiger charge is 2.21. The van der Waals surface area contributed by atoms with Gasteiger partial charge in [0.15, 0.2) is 0 Å². The number of aromatic nitrogens is 2. The van der Waals surface area contributed by atoms with Crippen LogP contribution in [0.2, 0.25) is 0 Å². The van der Waals surface area contributed by atoms with Gasteiger partial charge in [0.2, 0.25) is 0 Å². The molecule has 1 unspecified atom stereocenters. The van der Waals surface area contributed by atoms with Crippen molar-refractivity contribution in [3.05, 3.63) is 11.9 Å². The number of hydrogen-bond donors (Lipinski definition) is 3. The summed E-state index contributed by atoms with van der Waals surface area (Å²) in [4.78, 5) is 8.57. The molecule has 4 N–H and O–H groups in total. The molecule has 0 spiro atoms. The molecule has 0 aliphatic heterocycles. The Labute approximate surface area is 115 Å². The SMILES string of the molecule is CCCc1nc(N)cc(NCC(C)(O)CC(C)C)n1. The lowest BCUT2D eigenvalue weighted by Gasteiger charge is -2.25. The number of nitrogens with two attached hydrogens (primary N) is 1. The zero-order chi connectivity index (χ0) is 14.5. The number of aryl methyl sites for hydroxylation is 1. The molecule has 0 aliphatic carbocycles. The van der Waals surface area contributed by atoms with Gasteiger partial charge < -0.3 is 16.2 Å². The van der Waals surface area contributed by atoms with Crippen LogP contribution in [-0.4, -0.2) is 27.2 Å². The molecule has 0 radical (unpaired) electrons. The minimum Gasteiger partial charge on any atom is -0.388 e. The summed E-state index contributed by atoms with van der Waals surface area (Å²) in [5, 5.41) is 13.4. The Morgan fingerprint density at radius 3 is 2.68 bits per heavy atom. The highest BCUT2D eigenvalue weighted by molar-refractivity contribution is 5.44. The minimum absolute atomic E-state index is 0.447. The number of hydrogen-bond acceptors (Lipinski definition) is 5. The van der Waals surface area contributed by atoms with Crippen LogP contribution in [0.5, 0.6) is 0 Å². The maximum atomic E-state index is 10.3. The summed E-state index contributed by atoms with van der Waals surface area (Å²) in [6, 6.07) is 1.70. The first kappa shape index (κ1) is 15.7. The van der Waals surface area contributed by atoms with Crippen LogP contribution in [0.4, 0.5) is 11.6 Å². The number of nitrogen functional groups attached to an aromatic ring is 1. The predicted octanol–water partition coefficient (Wildman–Crippen LogP) is 2.22. The summed E-state index contributed by atoms with van der Waals surface area (Å²) in [5.74, 6) is 2.33. The molecule has 19 heavy (non-hydrogen) atoms. The molecule has 108 valence electrons. The fourth-order valence-corrected chi connectivity index (χ4v) is 2.18. The normalized spacial score (nSPS) is 14.4. The van der Waals surface area contributed by atoms with E-state index in [1.807, 2.05) is 6.92 Å². The molecular formula is C14H26N4O. The number of nitrogens with zero attached hydrogens (tertiary/aromatic N) is 2. The van der Waals surface area contributed by atoms with E-state index in [1.165, 1.54) is 0 Å². The highest BCUT2D eigenvalue weighted by Crippen LogP contribution is 2.17. The van der Waals surface area contributed by atoms with Gasteiger partial charge in [-0.3, -0.25) is 0 Å². The Balaban J connectivity index is 2.66. The number of rotatable bonds is 7. The lowest BCUT2D eigenvalue weighted by atomic mass is 9.94. The molecule has 0 amide bonds. The zero-order valence-corrected chi connectivity index (χ0v) is 12.4. The van der Waals surface area contributed by atoms with E-state index < -0.39 is 5.60 Å². The smallest absolute Gasteiger partial charge is 0.133 e. The second-order valence-corrected chi connectivity index (χ2v) is 5.79. The van der Waals surface area contributed by atoms with E-state index in [0.717, 1.165) is 25.1 Å². The van der Waals surface area contributed by atoms with Gasteiger partial charge in [-0.15, -0.1) is 0 Å². The standard InChI is InChI=1S/C14H26N4O/c1-5-6-12-17-11(15)7-13(18-12)16-9-14(4,19)8-10(2)3/h7,10,19H,5-6,8-9H2,1-4H3,(H3,15,16,17,18). The Hall–Kier alpha value is -1.36. The summed E-state index contributed by atoms with van der Waals surface area (Å²) < 4.78 is 0. The Morgan fingerprint density at radius 2 is 2.11 bits per heavy atom. The molecule has 0 aliphatic rings. The lowest BCUT2D eigenvalue weighted by molar-refractivity contribution is 0.0514. The van der Waals surface area contributed by atoms with Crippen LogP contribution in [0.3, 0.4) is 0 Å². The summed E-state index contributed by atoms with van der Waals surface area (Å²) in [6.07, 6.45) is 2.53. The summed E-state index contributed by atoms with van der Waals surface area (Å²) in [5.41, 5.74) is 5.00. The van der Waals surface area contributed by atoms with E-state index in [4.69, 9.17) is 5.73 Å². The van der Waals surface area contributed by atoms with Crippen molar-refractivity contribution < 1.29 is 5.11 Å². The maximum absolute atomic E-state index is 10.3. The van der Waals surface area contributed by atoms with Gasteiger partial charge in [-0.1, -0.05) is 20.8 Å². The van der Waals surface area contributed by atoms with Gasteiger partial charge in [-0.2, -0.15) is 0 Å². The van der Waals surface area contributed by atoms with E-state index in [2.05, 4.69) is 36.1 Å². The average Bonchev–Trinajstić information content (AvgIpc) is 2.24. The van der Waals surface area contributed by atoms with E-state index in [9.17, 15) is 5.11 Å². The van der Waals surface area contributed by atoms with Gasteiger partial charge in [-0.05, 0) is 25.7 Å². The van der Waals surface area contributed by atoms with Crippen LogP contribution < -0.4 is 11.1 Å². The van der Waals surface area contributed by atoms with Gasteiger partial charge in [0.25, 0.3) is 0 Å². The van der Waals surface area contributed by atoms with Crippen molar-refractivity contribution in [1.82, 2.24) is 9.97 Å². The molecule has 0 saturated heterocycles. The van der Waals surface area contributed by atoms with Gasteiger partial charge in [0.05, 0.1) is 5.60 Å². The third kappa shape index (κ3) is 5.87. The predicted molar refractivity (Wildman–Crippen MR) is 79.0 cm³/mol. The minimum atomic E-state index is -0.751. The Bertz CT molecular complexity index is 404. The first-order chi connectivity index (χ1) is 8.82. The van der Waals surface area contributed by atoms with E-state index >= 15 is 0 Å². The van der Waals surface area contributed by atoms with E-state index in [-0.39, 0.29) is 0 Å².